The molecule has 0 aliphatic carbocycles. The zero-order valence-corrected chi connectivity index (χ0v) is 11.1. The Morgan fingerprint density at radius 3 is 2.07 bits per heavy atom. The van der Waals surface area contributed by atoms with Crippen molar-refractivity contribution in [3.63, 3.8) is 0 Å². The van der Waals surface area contributed by atoms with Crippen LogP contribution >= 0.6 is 0 Å². The molecule has 0 aliphatic rings. The molecule has 0 aromatic rings. The number of hydrogen-bond donors (Lipinski definition) is 0. The second-order valence-electron chi connectivity index (χ2n) is 5.03. The molecule has 0 aromatic carbocycles. The first kappa shape index (κ1) is 14.3. The van der Waals surface area contributed by atoms with E-state index in [4.69, 9.17) is 0 Å². The molecule has 1 unspecified atom stereocenters. The van der Waals surface area contributed by atoms with Crippen LogP contribution in [0.2, 0.25) is 0 Å². The van der Waals surface area contributed by atoms with E-state index in [1.807, 2.05) is 6.20 Å². The Balaban J connectivity index is 4.48. The molecule has 0 rings (SSSR count). The van der Waals surface area contributed by atoms with E-state index in [1.54, 1.807) is 0 Å². The first-order valence-corrected chi connectivity index (χ1v) is 5.94. The quantitative estimate of drug-likeness (QED) is 0.567. The molecule has 0 amide bonds. The second kappa shape index (κ2) is 6.71. The molecule has 0 spiro atoms. The fraction of sp³-hybridized carbons (Fsp3) is 0.714. The summed E-state index contributed by atoms with van der Waals surface area (Å²) in [6.45, 7) is 19.0. The third kappa shape index (κ3) is 5.06. The van der Waals surface area contributed by atoms with Gasteiger partial charge >= 0.3 is 0 Å². The summed E-state index contributed by atoms with van der Waals surface area (Å²) in [5, 5.41) is 0. The molecule has 1 atom stereocenters. The SMILES string of the molecule is C=CN(C(C)C)C(CCC(=C)C)C(C)C. The lowest BCUT2D eigenvalue weighted by atomic mass is 9.95. The van der Waals surface area contributed by atoms with Gasteiger partial charge < -0.3 is 4.90 Å². The highest BCUT2D eigenvalue weighted by molar-refractivity contribution is 4.92. The van der Waals surface area contributed by atoms with Gasteiger partial charge in [-0.05, 0) is 45.7 Å². The van der Waals surface area contributed by atoms with Gasteiger partial charge in [0.25, 0.3) is 0 Å². The number of allylic oxidation sites excluding steroid dienone is 1. The van der Waals surface area contributed by atoms with Crippen molar-refractivity contribution in [2.75, 3.05) is 0 Å². The van der Waals surface area contributed by atoms with E-state index in [9.17, 15) is 0 Å². The van der Waals surface area contributed by atoms with Crippen LogP contribution in [0.4, 0.5) is 0 Å². The van der Waals surface area contributed by atoms with Crippen LogP contribution < -0.4 is 0 Å². The standard InChI is InChI=1S/C14H27N/c1-8-15(13(6)7)14(12(4)5)10-9-11(2)3/h8,12-14H,1-2,9-10H2,3-7H3. The molecule has 0 saturated heterocycles. The van der Waals surface area contributed by atoms with Crippen LogP contribution in [-0.4, -0.2) is 17.0 Å². The highest BCUT2D eigenvalue weighted by Crippen LogP contribution is 2.20. The molecule has 15 heavy (non-hydrogen) atoms. The van der Waals surface area contributed by atoms with Crippen LogP contribution in [0.25, 0.3) is 0 Å². The summed E-state index contributed by atoms with van der Waals surface area (Å²) in [5.41, 5.74) is 1.27. The molecule has 1 heteroatoms. The Kier molecular flexibility index (Phi) is 6.38. The molecule has 0 fully saturated rings. The normalized spacial score (nSPS) is 13.0. The minimum Gasteiger partial charge on any atom is -0.372 e. The summed E-state index contributed by atoms with van der Waals surface area (Å²) >= 11 is 0. The van der Waals surface area contributed by atoms with Gasteiger partial charge in [0, 0.05) is 12.1 Å². The van der Waals surface area contributed by atoms with Gasteiger partial charge in [0.1, 0.15) is 0 Å². The highest BCUT2D eigenvalue weighted by Gasteiger charge is 2.20. The van der Waals surface area contributed by atoms with E-state index in [2.05, 4.69) is 52.7 Å². The summed E-state index contributed by atoms with van der Waals surface area (Å²) in [6.07, 6.45) is 4.27. The molecule has 0 radical (unpaired) electrons. The molecule has 0 aliphatic heterocycles. The number of nitrogens with zero attached hydrogens (tertiary/aromatic N) is 1. The van der Waals surface area contributed by atoms with Gasteiger partial charge in [0.15, 0.2) is 0 Å². The molecule has 88 valence electrons. The minimum atomic E-state index is 0.528. The van der Waals surface area contributed by atoms with Gasteiger partial charge in [-0.25, -0.2) is 0 Å². The first-order chi connectivity index (χ1) is 6.90. The van der Waals surface area contributed by atoms with Gasteiger partial charge in [-0.3, -0.25) is 0 Å². The molecule has 0 saturated carbocycles. The Morgan fingerprint density at radius 2 is 1.80 bits per heavy atom. The van der Waals surface area contributed by atoms with Crippen molar-refractivity contribution in [3.8, 4) is 0 Å². The van der Waals surface area contributed by atoms with Gasteiger partial charge in [-0.1, -0.05) is 26.0 Å². The first-order valence-electron chi connectivity index (χ1n) is 5.94. The van der Waals surface area contributed by atoms with Crippen LogP contribution in [0.5, 0.6) is 0 Å². The molecule has 0 aromatic heterocycles. The minimum absolute atomic E-state index is 0.528. The van der Waals surface area contributed by atoms with Gasteiger partial charge in [-0.2, -0.15) is 0 Å². The predicted molar refractivity (Wildman–Crippen MR) is 69.8 cm³/mol. The van der Waals surface area contributed by atoms with Crippen molar-refractivity contribution >= 4 is 0 Å². The van der Waals surface area contributed by atoms with E-state index in [0.717, 1.165) is 6.42 Å². The Labute approximate surface area is 95.9 Å². The van der Waals surface area contributed by atoms with E-state index < -0.39 is 0 Å². The average Bonchev–Trinajstić information content (AvgIpc) is 2.10. The molecular weight excluding hydrogens is 182 g/mol. The van der Waals surface area contributed by atoms with Gasteiger partial charge in [0.05, 0.1) is 0 Å². The number of hydrogen-bond acceptors (Lipinski definition) is 1. The highest BCUT2D eigenvalue weighted by atomic mass is 15.2. The fourth-order valence-corrected chi connectivity index (χ4v) is 1.95. The Morgan fingerprint density at radius 1 is 1.27 bits per heavy atom. The molecule has 0 heterocycles. The maximum atomic E-state index is 3.97. The predicted octanol–water partition coefficient (Wildman–Crippen LogP) is 4.22. The van der Waals surface area contributed by atoms with Crippen LogP contribution in [0.3, 0.4) is 0 Å². The van der Waals surface area contributed by atoms with Crippen LogP contribution in [0, 0.1) is 5.92 Å². The molecular formula is C14H27N. The topological polar surface area (TPSA) is 3.24 Å². The van der Waals surface area contributed by atoms with Crippen LogP contribution in [0.1, 0.15) is 47.5 Å². The lowest BCUT2D eigenvalue weighted by Gasteiger charge is -2.36. The summed E-state index contributed by atoms with van der Waals surface area (Å²) < 4.78 is 0. The number of rotatable bonds is 7. The maximum absolute atomic E-state index is 3.97. The van der Waals surface area contributed by atoms with Crippen molar-refractivity contribution in [3.05, 3.63) is 24.9 Å². The zero-order chi connectivity index (χ0) is 12.0. The summed E-state index contributed by atoms with van der Waals surface area (Å²) in [7, 11) is 0. The largest absolute Gasteiger partial charge is 0.372 e. The summed E-state index contributed by atoms with van der Waals surface area (Å²) in [6, 6.07) is 1.11. The van der Waals surface area contributed by atoms with E-state index >= 15 is 0 Å². The van der Waals surface area contributed by atoms with Crippen molar-refractivity contribution < 1.29 is 0 Å². The Hall–Kier alpha value is -0.720. The Bertz CT molecular complexity index is 203. The summed E-state index contributed by atoms with van der Waals surface area (Å²) in [4.78, 5) is 2.37. The third-order valence-corrected chi connectivity index (χ3v) is 2.83. The second-order valence-corrected chi connectivity index (χ2v) is 5.03. The third-order valence-electron chi connectivity index (χ3n) is 2.83. The average molecular weight is 209 g/mol. The fourth-order valence-electron chi connectivity index (χ4n) is 1.95. The van der Waals surface area contributed by atoms with Crippen molar-refractivity contribution in [1.82, 2.24) is 4.90 Å². The molecule has 1 nitrogen and oxygen atoms in total. The lowest BCUT2D eigenvalue weighted by molar-refractivity contribution is 0.172. The zero-order valence-electron chi connectivity index (χ0n) is 11.1. The van der Waals surface area contributed by atoms with E-state index in [1.165, 1.54) is 12.0 Å². The lowest BCUT2D eigenvalue weighted by Crippen LogP contribution is -2.39. The van der Waals surface area contributed by atoms with Crippen LogP contribution in [-0.2, 0) is 0 Å². The van der Waals surface area contributed by atoms with Crippen molar-refractivity contribution in [2.45, 2.75) is 59.5 Å². The van der Waals surface area contributed by atoms with Gasteiger partial charge in [0.2, 0.25) is 0 Å². The van der Waals surface area contributed by atoms with Crippen LogP contribution in [0.15, 0.2) is 24.9 Å². The van der Waals surface area contributed by atoms with E-state index in [-0.39, 0.29) is 0 Å². The van der Waals surface area contributed by atoms with Crippen molar-refractivity contribution in [1.29, 1.82) is 0 Å². The molecule has 0 bridgehead atoms. The summed E-state index contributed by atoms with van der Waals surface area (Å²) in [5.74, 6) is 0.657. The maximum Gasteiger partial charge on any atom is 0.0312 e. The van der Waals surface area contributed by atoms with Crippen molar-refractivity contribution in [2.24, 2.45) is 5.92 Å². The van der Waals surface area contributed by atoms with Gasteiger partial charge in [-0.15, -0.1) is 6.58 Å². The van der Waals surface area contributed by atoms with E-state index in [0.29, 0.717) is 18.0 Å². The monoisotopic (exact) mass is 209 g/mol. The smallest absolute Gasteiger partial charge is 0.0312 e. The molecule has 0 N–H and O–H groups in total.